The minimum absolute atomic E-state index is 0.238. The Labute approximate surface area is 49.1 Å². The van der Waals surface area contributed by atoms with E-state index in [1.165, 1.54) is 0 Å². The third kappa shape index (κ3) is 5.30. The van der Waals surface area contributed by atoms with Gasteiger partial charge in [-0.2, -0.15) is 0 Å². The van der Waals surface area contributed by atoms with Crippen LogP contribution in [0.4, 0.5) is 0 Å². The predicted octanol–water partition coefficient (Wildman–Crippen LogP) is 0.0793. The summed E-state index contributed by atoms with van der Waals surface area (Å²) in [5.41, 5.74) is 5.06. The van der Waals surface area contributed by atoms with Gasteiger partial charge < -0.3 is 15.2 Å². The molecule has 0 saturated heterocycles. The summed E-state index contributed by atoms with van der Waals surface area (Å²) in [6, 6.07) is 0. The summed E-state index contributed by atoms with van der Waals surface area (Å²) < 4.78 is 9.41. The van der Waals surface area contributed by atoms with Crippen LogP contribution < -0.4 is 5.73 Å². The average molecular weight is 117 g/mol. The van der Waals surface area contributed by atoms with Crippen LogP contribution in [0.5, 0.6) is 0 Å². The first-order chi connectivity index (χ1) is 3.77. The number of rotatable bonds is 4. The molecule has 0 aromatic carbocycles. The number of methoxy groups -OCH3 is 1. The highest BCUT2D eigenvalue weighted by Crippen LogP contribution is 1.79. The third-order valence-electron chi connectivity index (χ3n) is 0.575. The molecule has 0 saturated carbocycles. The first kappa shape index (κ1) is 7.30. The van der Waals surface area contributed by atoms with Gasteiger partial charge in [-0.15, -0.1) is 0 Å². The summed E-state index contributed by atoms with van der Waals surface area (Å²) in [4.78, 5) is 0. The molecule has 0 heterocycles. The first-order valence-corrected chi connectivity index (χ1v) is 2.33. The van der Waals surface area contributed by atoms with Crippen LogP contribution in [0, 0.1) is 0 Å². The predicted molar refractivity (Wildman–Crippen MR) is 31.2 cm³/mol. The van der Waals surface area contributed by atoms with E-state index in [1.54, 1.807) is 7.11 Å². The van der Waals surface area contributed by atoms with E-state index in [0.717, 1.165) is 0 Å². The van der Waals surface area contributed by atoms with Gasteiger partial charge in [-0.3, -0.25) is 0 Å². The SMILES string of the molecule is C=C(N)OCCOC. The van der Waals surface area contributed by atoms with Crippen molar-refractivity contribution < 1.29 is 9.47 Å². The van der Waals surface area contributed by atoms with Crippen LogP contribution >= 0.6 is 0 Å². The van der Waals surface area contributed by atoms with Gasteiger partial charge in [0.05, 0.1) is 6.61 Å². The summed E-state index contributed by atoms with van der Waals surface area (Å²) in [5, 5.41) is 0. The number of nitrogens with two attached hydrogens (primary N) is 1. The van der Waals surface area contributed by atoms with E-state index in [1.807, 2.05) is 0 Å². The fourth-order valence-electron chi connectivity index (χ4n) is 0.256. The molecule has 48 valence electrons. The Morgan fingerprint density at radius 1 is 1.62 bits per heavy atom. The molecule has 0 fully saturated rings. The van der Waals surface area contributed by atoms with E-state index in [-0.39, 0.29) is 5.88 Å². The Kier molecular flexibility index (Phi) is 4.07. The highest BCUT2D eigenvalue weighted by molar-refractivity contribution is 4.70. The Hall–Kier alpha value is -0.700. The second-order valence-corrected chi connectivity index (χ2v) is 1.31. The molecule has 0 aliphatic carbocycles. The quantitative estimate of drug-likeness (QED) is 0.419. The van der Waals surface area contributed by atoms with E-state index in [4.69, 9.17) is 10.5 Å². The molecule has 0 spiro atoms. The van der Waals surface area contributed by atoms with Crippen LogP contribution in [0.3, 0.4) is 0 Å². The number of hydrogen-bond donors (Lipinski definition) is 1. The Bertz CT molecular complexity index is 72.8. The maximum absolute atomic E-state index is 5.06. The van der Waals surface area contributed by atoms with Crippen molar-refractivity contribution in [3.05, 3.63) is 12.5 Å². The Morgan fingerprint density at radius 2 is 2.25 bits per heavy atom. The number of hydrogen-bond acceptors (Lipinski definition) is 3. The molecule has 0 unspecified atom stereocenters. The normalized spacial score (nSPS) is 8.62. The van der Waals surface area contributed by atoms with E-state index in [2.05, 4.69) is 11.3 Å². The van der Waals surface area contributed by atoms with Crippen molar-refractivity contribution in [3.63, 3.8) is 0 Å². The molecule has 0 radical (unpaired) electrons. The van der Waals surface area contributed by atoms with Gasteiger partial charge in [0.15, 0.2) is 5.88 Å². The largest absolute Gasteiger partial charge is 0.477 e. The maximum atomic E-state index is 5.06. The topological polar surface area (TPSA) is 44.5 Å². The van der Waals surface area contributed by atoms with E-state index >= 15 is 0 Å². The maximum Gasteiger partial charge on any atom is 0.176 e. The lowest BCUT2D eigenvalue weighted by Gasteiger charge is -2.01. The van der Waals surface area contributed by atoms with Crippen LogP contribution in [0.15, 0.2) is 12.5 Å². The van der Waals surface area contributed by atoms with Gasteiger partial charge in [0.25, 0.3) is 0 Å². The summed E-state index contributed by atoms with van der Waals surface area (Å²) in [7, 11) is 1.60. The van der Waals surface area contributed by atoms with Crippen molar-refractivity contribution in [3.8, 4) is 0 Å². The van der Waals surface area contributed by atoms with Crippen LogP contribution in [0.1, 0.15) is 0 Å². The fraction of sp³-hybridized carbons (Fsp3) is 0.600. The standard InChI is InChI=1S/C5H11NO2/c1-5(6)8-4-3-7-2/h1,3-4,6H2,2H3. The zero-order valence-corrected chi connectivity index (χ0v) is 5.02. The second kappa shape index (κ2) is 4.46. The van der Waals surface area contributed by atoms with Gasteiger partial charge in [0, 0.05) is 7.11 Å². The van der Waals surface area contributed by atoms with Crippen molar-refractivity contribution in [2.45, 2.75) is 0 Å². The summed E-state index contributed by atoms with van der Waals surface area (Å²) >= 11 is 0. The molecule has 0 amide bonds. The molecule has 3 heteroatoms. The van der Waals surface area contributed by atoms with Crippen molar-refractivity contribution in [1.29, 1.82) is 0 Å². The highest BCUT2D eigenvalue weighted by atomic mass is 16.5. The zero-order chi connectivity index (χ0) is 6.41. The van der Waals surface area contributed by atoms with Crippen molar-refractivity contribution in [1.82, 2.24) is 0 Å². The first-order valence-electron chi connectivity index (χ1n) is 2.33. The molecule has 0 aromatic heterocycles. The van der Waals surface area contributed by atoms with E-state index in [0.29, 0.717) is 13.2 Å². The lowest BCUT2D eigenvalue weighted by Crippen LogP contribution is -2.06. The highest BCUT2D eigenvalue weighted by Gasteiger charge is 1.83. The number of ether oxygens (including phenoxy) is 2. The lowest BCUT2D eigenvalue weighted by atomic mass is 10.8. The van der Waals surface area contributed by atoms with Gasteiger partial charge in [0.1, 0.15) is 6.61 Å². The van der Waals surface area contributed by atoms with Crippen LogP contribution in [-0.4, -0.2) is 20.3 Å². The Morgan fingerprint density at radius 3 is 2.62 bits per heavy atom. The molecule has 0 aliphatic rings. The molecule has 2 N–H and O–H groups in total. The minimum atomic E-state index is 0.238. The minimum Gasteiger partial charge on any atom is -0.477 e. The molecule has 0 aromatic rings. The van der Waals surface area contributed by atoms with Gasteiger partial charge in [-0.1, -0.05) is 0 Å². The zero-order valence-electron chi connectivity index (χ0n) is 5.02. The monoisotopic (exact) mass is 117 g/mol. The molecule has 3 nitrogen and oxygen atoms in total. The van der Waals surface area contributed by atoms with Crippen LogP contribution in [-0.2, 0) is 9.47 Å². The molecule has 8 heavy (non-hydrogen) atoms. The van der Waals surface area contributed by atoms with E-state index in [9.17, 15) is 0 Å². The molecular formula is C5H11NO2. The molecule has 0 bridgehead atoms. The lowest BCUT2D eigenvalue weighted by molar-refractivity contribution is 0.109. The average Bonchev–Trinajstić information content (AvgIpc) is 1.66. The summed E-state index contributed by atoms with van der Waals surface area (Å²) in [6.07, 6.45) is 0. The van der Waals surface area contributed by atoms with Gasteiger partial charge in [0.2, 0.25) is 0 Å². The van der Waals surface area contributed by atoms with E-state index < -0.39 is 0 Å². The third-order valence-corrected chi connectivity index (χ3v) is 0.575. The van der Waals surface area contributed by atoms with Gasteiger partial charge in [-0.25, -0.2) is 0 Å². The summed E-state index contributed by atoms with van der Waals surface area (Å²) in [5.74, 6) is 0.238. The fourth-order valence-corrected chi connectivity index (χ4v) is 0.256. The second-order valence-electron chi connectivity index (χ2n) is 1.31. The molecule has 0 rings (SSSR count). The van der Waals surface area contributed by atoms with Crippen molar-refractivity contribution in [2.75, 3.05) is 20.3 Å². The van der Waals surface area contributed by atoms with Crippen LogP contribution in [0.2, 0.25) is 0 Å². The van der Waals surface area contributed by atoms with Crippen molar-refractivity contribution >= 4 is 0 Å². The Balaban J connectivity index is 2.82. The van der Waals surface area contributed by atoms with Crippen LogP contribution in [0.25, 0.3) is 0 Å². The smallest absolute Gasteiger partial charge is 0.176 e. The van der Waals surface area contributed by atoms with Gasteiger partial charge in [-0.05, 0) is 6.58 Å². The molecular weight excluding hydrogens is 106 g/mol. The van der Waals surface area contributed by atoms with Crippen molar-refractivity contribution in [2.24, 2.45) is 5.73 Å². The van der Waals surface area contributed by atoms with Gasteiger partial charge >= 0.3 is 0 Å². The molecule has 0 aliphatic heterocycles. The molecule has 0 atom stereocenters. The summed E-state index contributed by atoms with van der Waals surface area (Å²) in [6.45, 7) is 4.36.